The summed E-state index contributed by atoms with van der Waals surface area (Å²) in [6.07, 6.45) is 0. The van der Waals surface area contributed by atoms with Crippen LogP contribution in [0, 0.1) is 6.92 Å². The molecule has 1 aromatic heterocycles. The van der Waals surface area contributed by atoms with Crippen molar-refractivity contribution in [2.75, 3.05) is 0 Å². The van der Waals surface area contributed by atoms with Crippen LogP contribution in [0.3, 0.4) is 0 Å². The lowest BCUT2D eigenvalue weighted by Crippen LogP contribution is -2.14. The summed E-state index contributed by atoms with van der Waals surface area (Å²) in [5.41, 5.74) is 13.3. The van der Waals surface area contributed by atoms with E-state index in [-0.39, 0.29) is 5.41 Å². The Morgan fingerprint density at radius 3 is 1.84 bits per heavy atom. The van der Waals surface area contributed by atoms with E-state index in [2.05, 4.69) is 153 Å². The molecule has 1 heterocycles. The van der Waals surface area contributed by atoms with Crippen LogP contribution in [0.15, 0.2) is 140 Å². The number of hydrogen-bond acceptors (Lipinski definition) is 1. The molecule has 1 aliphatic rings. The highest BCUT2D eigenvalue weighted by Gasteiger charge is 2.36. The third-order valence-electron chi connectivity index (χ3n) is 9.43. The van der Waals surface area contributed by atoms with Gasteiger partial charge in [0.05, 0.1) is 10.2 Å². The quantitative estimate of drug-likeness (QED) is 0.195. The van der Waals surface area contributed by atoms with E-state index in [1.807, 2.05) is 12.1 Å². The van der Waals surface area contributed by atoms with E-state index in [1.54, 1.807) is 11.5 Å². The van der Waals surface area contributed by atoms with Crippen molar-refractivity contribution < 1.29 is 0 Å². The zero-order valence-corrected chi connectivity index (χ0v) is 26.0. The molecule has 0 amide bonds. The second-order valence-electron chi connectivity index (χ2n) is 12.3. The van der Waals surface area contributed by atoms with Crippen molar-refractivity contribution in [3.8, 4) is 33.4 Å². The van der Waals surface area contributed by atoms with Gasteiger partial charge in [0, 0.05) is 5.41 Å². The lowest BCUT2D eigenvalue weighted by Gasteiger charge is -2.23. The van der Waals surface area contributed by atoms with Crippen LogP contribution in [0.2, 0.25) is 0 Å². The highest BCUT2D eigenvalue weighted by Crippen LogP contribution is 2.52. The molecule has 0 radical (unpaired) electrons. The second-order valence-corrected chi connectivity index (χ2v) is 13.1. The first-order valence-corrected chi connectivity index (χ1v) is 16.1. The zero-order valence-electron chi connectivity index (χ0n) is 25.2. The van der Waals surface area contributed by atoms with Crippen LogP contribution >= 0.6 is 11.5 Å². The van der Waals surface area contributed by atoms with E-state index in [9.17, 15) is 0 Å². The fourth-order valence-electron chi connectivity index (χ4n) is 7.15. The first-order valence-electron chi connectivity index (χ1n) is 15.3. The summed E-state index contributed by atoms with van der Waals surface area (Å²) < 4.78 is 4.46. The van der Waals surface area contributed by atoms with Crippen LogP contribution in [0.5, 0.6) is 0 Å². The molecule has 7 aromatic carbocycles. The standard InChI is InChI=1S/C36H28.C6H5NS/c1-23-25-15-7-9-18-28(25)35(29-19-10-8-16-26(29)24-13-5-4-6-14-24)32-22-34-31(21-30(23)32)27-17-11-12-20-33(27)36(34,2)3;1-2-4-6-5(3-1)7-8-6/h4-22H,1-3H3;1-4,7H. The molecule has 0 bridgehead atoms. The van der Waals surface area contributed by atoms with E-state index >= 15 is 0 Å². The Kier molecular flexibility index (Phi) is 6.29. The topological polar surface area (TPSA) is 15.8 Å². The van der Waals surface area contributed by atoms with E-state index in [1.165, 1.54) is 81.8 Å². The summed E-state index contributed by atoms with van der Waals surface area (Å²) in [5, 5.41) is 5.33. The molecule has 0 fully saturated rings. The number of hydrogen-bond donors (Lipinski definition) is 1. The molecule has 212 valence electrons. The molecule has 0 saturated carbocycles. The average Bonchev–Trinajstić information content (AvgIpc) is 3.28. The van der Waals surface area contributed by atoms with Crippen molar-refractivity contribution >= 4 is 43.3 Å². The summed E-state index contributed by atoms with van der Waals surface area (Å²) in [4.78, 5) is 0. The second kappa shape index (κ2) is 10.4. The van der Waals surface area contributed by atoms with Crippen molar-refractivity contribution in [3.05, 3.63) is 156 Å². The molecular weight excluding hydrogens is 551 g/mol. The molecule has 0 unspecified atom stereocenters. The van der Waals surface area contributed by atoms with Crippen LogP contribution in [0.4, 0.5) is 0 Å². The Labute approximate surface area is 262 Å². The third kappa shape index (κ3) is 4.13. The number of para-hydroxylation sites is 1. The first-order chi connectivity index (χ1) is 21.5. The summed E-state index contributed by atoms with van der Waals surface area (Å²) in [7, 11) is 0. The monoisotopic (exact) mass is 583 g/mol. The molecule has 0 spiro atoms. The lowest BCUT2D eigenvalue weighted by atomic mass is 9.79. The summed E-state index contributed by atoms with van der Waals surface area (Å²) >= 11 is 1.68. The van der Waals surface area contributed by atoms with Crippen molar-refractivity contribution in [2.24, 2.45) is 0 Å². The van der Waals surface area contributed by atoms with Crippen molar-refractivity contribution in [2.45, 2.75) is 26.2 Å². The molecular formula is C42H33NS. The Morgan fingerprint density at radius 2 is 1.14 bits per heavy atom. The molecule has 1 aliphatic carbocycles. The summed E-state index contributed by atoms with van der Waals surface area (Å²) in [6.45, 7) is 7.03. The van der Waals surface area contributed by atoms with Gasteiger partial charge in [-0.25, -0.2) is 0 Å². The Hall–Kier alpha value is -4.92. The van der Waals surface area contributed by atoms with Gasteiger partial charge in [0.1, 0.15) is 0 Å². The normalized spacial score (nSPS) is 13.1. The predicted octanol–water partition coefficient (Wildman–Crippen LogP) is 12.2. The number of H-pyrrole nitrogens is 1. The summed E-state index contributed by atoms with van der Waals surface area (Å²) in [6, 6.07) is 50.8. The predicted molar refractivity (Wildman–Crippen MR) is 191 cm³/mol. The molecule has 9 rings (SSSR count). The number of fused-ring (bicyclic) bond motifs is 6. The molecule has 0 atom stereocenters. The number of aromatic amines is 1. The highest BCUT2D eigenvalue weighted by molar-refractivity contribution is 7.15. The minimum atomic E-state index is -0.0319. The van der Waals surface area contributed by atoms with E-state index in [4.69, 9.17) is 0 Å². The van der Waals surface area contributed by atoms with Gasteiger partial charge >= 0.3 is 0 Å². The molecule has 8 aromatic rings. The molecule has 1 N–H and O–H groups in total. The van der Waals surface area contributed by atoms with Gasteiger partial charge in [-0.1, -0.05) is 141 Å². The smallest absolute Gasteiger partial charge is 0.0683 e. The van der Waals surface area contributed by atoms with Gasteiger partial charge in [-0.05, 0) is 103 Å². The Bertz CT molecular complexity index is 2290. The molecule has 0 saturated heterocycles. The van der Waals surface area contributed by atoms with Gasteiger partial charge in [0.15, 0.2) is 0 Å². The van der Waals surface area contributed by atoms with Crippen molar-refractivity contribution in [3.63, 3.8) is 0 Å². The minimum absolute atomic E-state index is 0.0319. The van der Waals surface area contributed by atoms with Gasteiger partial charge < -0.3 is 4.37 Å². The number of rotatable bonds is 2. The maximum absolute atomic E-state index is 3.11. The highest BCUT2D eigenvalue weighted by atomic mass is 32.1. The Morgan fingerprint density at radius 1 is 0.500 bits per heavy atom. The van der Waals surface area contributed by atoms with E-state index in [0.29, 0.717) is 0 Å². The first kappa shape index (κ1) is 26.7. The minimum Gasteiger partial charge on any atom is -0.309 e. The summed E-state index contributed by atoms with van der Waals surface area (Å²) in [5.74, 6) is 0. The third-order valence-corrected chi connectivity index (χ3v) is 10.3. The van der Waals surface area contributed by atoms with Gasteiger partial charge in [-0.15, -0.1) is 0 Å². The molecule has 2 heteroatoms. The zero-order chi connectivity index (χ0) is 29.8. The average molecular weight is 584 g/mol. The van der Waals surface area contributed by atoms with Crippen LogP contribution in [0.25, 0.3) is 65.1 Å². The largest absolute Gasteiger partial charge is 0.309 e. The molecule has 44 heavy (non-hydrogen) atoms. The van der Waals surface area contributed by atoms with Gasteiger partial charge in [0.25, 0.3) is 0 Å². The molecule has 0 aliphatic heterocycles. The van der Waals surface area contributed by atoms with Gasteiger partial charge in [-0.3, -0.25) is 0 Å². The Balaban J connectivity index is 0.000000312. The number of aromatic nitrogens is 1. The maximum atomic E-state index is 3.11. The van der Waals surface area contributed by atoms with Crippen molar-refractivity contribution in [1.29, 1.82) is 0 Å². The van der Waals surface area contributed by atoms with Crippen LogP contribution < -0.4 is 0 Å². The fraction of sp³-hybridized carbons (Fsp3) is 0.0952. The lowest BCUT2D eigenvalue weighted by molar-refractivity contribution is 0.661. The van der Waals surface area contributed by atoms with Crippen LogP contribution in [-0.2, 0) is 5.41 Å². The molecule has 1 nitrogen and oxygen atoms in total. The van der Waals surface area contributed by atoms with Crippen LogP contribution in [-0.4, -0.2) is 4.37 Å². The van der Waals surface area contributed by atoms with E-state index in [0.717, 1.165) is 0 Å². The number of aryl methyl sites for hydroxylation is 1. The fourth-order valence-corrected chi connectivity index (χ4v) is 7.77. The van der Waals surface area contributed by atoms with Gasteiger partial charge in [0.2, 0.25) is 0 Å². The maximum Gasteiger partial charge on any atom is 0.0683 e. The SMILES string of the molecule is Cc1c2ccccc2c(-c2ccccc2-c2ccccc2)c2cc3c(cc12)-c1ccccc1C3(C)C.c1ccc2s[nH]c2c1. The van der Waals surface area contributed by atoms with E-state index < -0.39 is 0 Å². The number of benzene rings is 7. The van der Waals surface area contributed by atoms with Crippen LogP contribution in [0.1, 0.15) is 30.5 Å². The van der Waals surface area contributed by atoms with Crippen molar-refractivity contribution in [1.82, 2.24) is 4.37 Å². The van der Waals surface area contributed by atoms with Gasteiger partial charge in [-0.2, -0.15) is 0 Å². The number of nitrogens with one attached hydrogen (secondary N) is 1.